The van der Waals surface area contributed by atoms with Crippen molar-refractivity contribution < 1.29 is 22.5 Å². The van der Waals surface area contributed by atoms with Crippen molar-refractivity contribution >= 4 is 11.6 Å². The van der Waals surface area contributed by atoms with Crippen LogP contribution in [-0.2, 0) is 6.18 Å². The second kappa shape index (κ2) is 8.44. The zero-order valence-electron chi connectivity index (χ0n) is 18.1. The fourth-order valence-corrected chi connectivity index (χ4v) is 3.69. The second-order valence-electron chi connectivity index (χ2n) is 8.23. The summed E-state index contributed by atoms with van der Waals surface area (Å²) in [6.07, 6.45) is 0.484. The van der Waals surface area contributed by atoms with E-state index in [0.29, 0.717) is 28.9 Å². The van der Waals surface area contributed by atoms with Crippen LogP contribution in [-0.4, -0.2) is 25.8 Å². The molecule has 34 heavy (non-hydrogen) atoms. The Kier molecular flexibility index (Phi) is 5.43. The van der Waals surface area contributed by atoms with Gasteiger partial charge in [0.15, 0.2) is 0 Å². The summed E-state index contributed by atoms with van der Waals surface area (Å²) in [5.74, 6) is 1.11. The molecule has 0 atom stereocenters. The van der Waals surface area contributed by atoms with Crippen molar-refractivity contribution in [3.05, 3.63) is 77.4 Å². The quantitative estimate of drug-likeness (QED) is 0.403. The van der Waals surface area contributed by atoms with Gasteiger partial charge in [-0.2, -0.15) is 23.3 Å². The topological polar surface area (TPSA) is 85.8 Å². The van der Waals surface area contributed by atoms with E-state index in [4.69, 9.17) is 4.52 Å². The SMILES string of the molecule is Cc1nn(-c2ccc(-c3noc(C4CCC4)n3)cc2)cc1C(=O)Nc1ccc(C(F)(F)F)cc1. The molecule has 4 aromatic rings. The highest BCUT2D eigenvalue weighted by molar-refractivity contribution is 6.04. The molecule has 0 spiro atoms. The first kappa shape index (κ1) is 21.9. The van der Waals surface area contributed by atoms with Gasteiger partial charge in [0.1, 0.15) is 0 Å². The number of hydrogen-bond acceptors (Lipinski definition) is 5. The van der Waals surface area contributed by atoms with Gasteiger partial charge >= 0.3 is 6.18 Å². The van der Waals surface area contributed by atoms with E-state index in [2.05, 4.69) is 20.6 Å². The van der Waals surface area contributed by atoms with E-state index >= 15 is 0 Å². The summed E-state index contributed by atoms with van der Waals surface area (Å²) in [5, 5.41) is 11.1. The van der Waals surface area contributed by atoms with Gasteiger partial charge in [-0.3, -0.25) is 4.79 Å². The third-order valence-electron chi connectivity index (χ3n) is 5.90. The van der Waals surface area contributed by atoms with Gasteiger partial charge in [0.05, 0.1) is 22.5 Å². The Labute approximate surface area is 192 Å². The number of rotatable bonds is 5. The summed E-state index contributed by atoms with van der Waals surface area (Å²) in [6, 6.07) is 11.6. The standard InChI is InChI=1S/C24H20F3N5O2/c1-14-20(22(33)28-18-9-7-17(8-10-18)24(25,26)27)13-32(30-14)19-11-5-15(6-12-19)21-29-23(34-31-21)16-3-2-4-16/h5-13,16H,2-4H2,1H3,(H,28,33). The van der Waals surface area contributed by atoms with E-state index in [9.17, 15) is 18.0 Å². The molecule has 2 aromatic carbocycles. The van der Waals surface area contributed by atoms with E-state index in [1.165, 1.54) is 18.6 Å². The molecule has 0 radical (unpaired) electrons. The molecule has 1 aliphatic rings. The Bertz CT molecular complexity index is 1320. The van der Waals surface area contributed by atoms with Crippen LogP contribution in [0.4, 0.5) is 18.9 Å². The second-order valence-corrected chi connectivity index (χ2v) is 8.23. The first-order chi connectivity index (χ1) is 16.3. The van der Waals surface area contributed by atoms with E-state index in [-0.39, 0.29) is 5.69 Å². The number of aromatic nitrogens is 4. The molecule has 10 heteroatoms. The van der Waals surface area contributed by atoms with Crippen LogP contribution in [0.1, 0.15) is 52.7 Å². The number of anilines is 1. The van der Waals surface area contributed by atoms with Gasteiger partial charge in [0.2, 0.25) is 11.7 Å². The molecule has 0 unspecified atom stereocenters. The van der Waals surface area contributed by atoms with E-state index in [1.807, 2.05) is 24.3 Å². The number of halogens is 3. The summed E-state index contributed by atoms with van der Waals surface area (Å²) in [5.41, 5.74) is 1.81. The fourth-order valence-electron chi connectivity index (χ4n) is 3.69. The van der Waals surface area contributed by atoms with Crippen molar-refractivity contribution in [1.82, 2.24) is 19.9 Å². The van der Waals surface area contributed by atoms with Gasteiger partial charge in [-0.15, -0.1) is 0 Å². The van der Waals surface area contributed by atoms with Crippen molar-refractivity contribution in [2.75, 3.05) is 5.32 Å². The smallest absolute Gasteiger partial charge is 0.339 e. The number of carbonyl (C=O) groups excluding carboxylic acids is 1. The maximum absolute atomic E-state index is 12.7. The molecule has 0 saturated heterocycles. The van der Waals surface area contributed by atoms with Crippen molar-refractivity contribution in [1.29, 1.82) is 0 Å². The third kappa shape index (κ3) is 4.30. The minimum absolute atomic E-state index is 0.260. The molecule has 1 saturated carbocycles. The highest BCUT2D eigenvalue weighted by Crippen LogP contribution is 2.36. The molecule has 0 bridgehead atoms. The first-order valence-corrected chi connectivity index (χ1v) is 10.8. The number of carbonyl (C=O) groups is 1. The molecular weight excluding hydrogens is 447 g/mol. The molecule has 1 amide bonds. The number of amides is 1. The van der Waals surface area contributed by atoms with Crippen LogP contribution in [0.15, 0.2) is 59.3 Å². The van der Waals surface area contributed by atoms with E-state index in [0.717, 1.165) is 36.2 Å². The number of benzene rings is 2. The Balaban J connectivity index is 1.30. The fraction of sp³-hybridized carbons (Fsp3) is 0.250. The van der Waals surface area contributed by atoms with Crippen molar-refractivity contribution in [3.8, 4) is 17.1 Å². The van der Waals surface area contributed by atoms with Crippen LogP contribution in [0.2, 0.25) is 0 Å². The molecule has 1 aliphatic carbocycles. The predicted molar refractivity (Wildman–Crippen MR) is 118 cm³/mol. The molecule has 174 valence electrons. The molecule has 1 fully saturated rings. The summed E-state index contributed by atoms with van der Waals surface area (Å²) in [7, 11) is 0. The molecule has 2 aromatic heterocycles. The Morgan fingerprint density at radius 2 is 1.79 bits per heavy atom. The van der Waals surface area contributed by atoms with Gasteiger partial charge in [-0.25, -0.2) is 4.68 Å². The number of hydrogen-bond donors (Lipinski definition) is 1. The molecule has 7 nitrogen and oxygen atoms in total. The van der Waals surface area contributed by atoms with E-state index in [1.54, 1.807) is 17.8 Å². The van der Waals surface area contributed by atoms with Crippen molar-refractivity contribution in [2.45, 2.75) is 38.3 Å². The largest absolute Gasteiger partial charge is 0.416 e. The highest BCUT2D eigenvalue weighted by atomic mass is 19.4. The maximum Gasteiger partial charge on any atom is 0.416 e. The molecule has 5 rings (SSSR count). The minimum Gasteiger partial charge on any atom is -0.339 e. The Hall–Kier alpha value is -3.95. The summed E-state index contributed by atoms with van der Waals surface area (Å²) < 4.78 is 45.1. The molecular formula is C24H20F3N5O2. The minimum atomic E-state index is -4.43. The Morgan fingerprint density at radius 1 is 1.09 bits per heavy atom. The Morgan fingerprint density at radius 3 is 2.41 bits per heavy atom. The van der Waals surface area contributed by atoms with Gasteiger partial charge in [-0.1, -0.05) is 11.6 Å². The van der Waals surface area contributed by atoms with Gasteiger partial charge in [0, 0.05) is 23.4 Å². The maximum atomic E-state index is 12.7. The lowest BCUT2D eigenvalue weighted by atomic mass is 9.85. The van der Waals surface area contributed by atoms with Crippen LogP contribution in [0.3, 0.4) is 0 Å². The van der Waals surface area contributed by atoms with Crippen LogP contribution < -0.4 is 5.32 Å². The van der Waals surface area contributed by atoms with Crippen molar-refractivity contribution in [3.63, 3.8) is 0 Å². The van der Waals surface area contributed by atoms with Crippen LogP contribution in [0.5, 0.6) is 0 Å². The lowest BCUT2D eigenvalue weighted by Crippen LogP contribution is -2.13. The average molecular weight is 467 g/mol. The number of alkyl halides is 3. The lowest BCUT2D eigenvalue weighted by molar-refractivity contribution is -0.137. The van der Waals surface area contributed by atoms with Gasteiger partial charge < -0.3 is 9.84 Å². The monoisotopic (exact) mass is 467 g/mol. The van der Waals surface area contributed by atoms with Crippen LogP contribution in [0.25, 0.3) is 17.1 Å². The number of nitrogens with zero attached hydrogens (tertiary/aromatic N) is 4. The lowest BCUT2D eigenvalue weighted by Gasteiger charge is -2.20. The number of nitrogens with one attached hydrogen (secondary N) is 1. The first-order valence-electron chi connectivity index (χ1n) is 10.8. The zero-order chi connectivity index (χ0) is 23.9. The van der Waals surface area contributed by atoms with Crippen molar-refractivity contribution in [2.24, 2.45) is 0 Å². The molecule has 1 N–H and O–H groups in total. The summed E-state index contributed by atoms with van der Waals surface area (Å²) >= 11 is 0. The van der Waals surface area contributed by atoms with Crippen LogP contribution in [0, 0.1) is 6.92 Å². The van der Waals surface area contributed by atoms with Gasteiger partial charge in [-0.05, 0) is 68.3 Å². The predicted octanol–water partition coefficient (Wildman–Crippen LogP) is 5.77. The highest BCUT2D eigenvalue weighted by Gasteiger charge is 2.30. The number of aryl methyl sites for hydroxylation is 1. The molecule has 0 aliphatic heterocycles. The summed E-state index contributed by atoms with van der Waals surface area (Å²) in [6.45, 7) is 1.69. The zero-order valence-corrected chi connectivity index (χ0v) is 18.1. The van der Waals surface area contributed by atoms with Gasteiger partial charge in [0.25, 0.3) is 5.91 Å². The summed E-state index contributed by atoms with van der Waals surface area (Å²) in [4.78, 5) is 17.2. The molecule has 2 heterocycles. The van der Waals surface area contributed by atoms with Crippen LogP contribution >= 0.6 is 0 Å². The van der Waals surface area contributed by atoms with E-state index < -0.39 is 17.6 Å². The normalized spacial score (nSPS) is 14.1. The average Bonchev–Trinajstić information content (AvgIpc) is 3.40. The third-order valence-corrected chi connectivity index (χ3v) is 5.90.